The molecule has 0 fully saturated rings. The third-order valence-corrected chi connectivity index (χ3v) is 11.7. The predicted molar refractivity (Wildman–Crippen MR) is 177 cm³/mol. The lowest BCUT2D eigenvalue weighted by atomic mass is 9.51. The maximum absolute atomic E-state index is 2.56. The topological polar surface area (TPSA) is 4.93 Å². The van der Waals surface area contributed by atoms with Crippen molar-refractivity contribution in [2.75, 3.05) is 0 Å². The number of rotatable bonds is 6. The lowest BCUT2D eigenvalue weighted by Crippen LogP contribution is -2.49. The predicted octanol–water partition coefficient (Wildman–Crippen LogP) is 10.8. The lowest BCUT2D eigenvalue weighted by molar-refractivity contribution is 0.134. The molecule has 0 bridgehead atoms. The Kier molecular flexibility index (Phi) is 6.26. The smallest absolute Gasteiger partial charge is 0.0646 e. The molecule has 39 heavy (non-hydrogen) atoms. The van der Waals surface area contributed by atoms with E-state index in [0.717, 1.165) is 6.42 Å². The molecule has 0 spiro atoms. The van der Waals surface area contributed by atoms with E-state index in [4.69, 9.17) is 0 Å². The third-order valence-electron chi connectivity index (χ3n) is 10.7. The van der Waals surface area contributed by atoms with Crippen LogP contribution in [-0.4, -0.2) is 2.78 Å². The van der Waals surface area contributed by atoms with E-state index >= 15 is 0 Å². The minimum absolute atomic E-state index is 0.0264. The molecule has 202 valence electrons. The summed E-state index contributed by atoms with van der Waals surface area (Å²) in [7, 11) is 0. The SMILES string of the molecule is CCCC(C)(C)c1ccc2c(c1)c1cc(C3(C(C)(C)CC)c4ccccc4C4(C)C=CC=CC43)ccc1n2I. The minimum Gasteiger partial charge on any atom is -0.282 e. The summed E-state index contributed by atoms with van der Waals surface area (Å²) in [6.45, 7) is 16.9. The molecule has 2 aliphatic rings. The highest BCUT2D eigenvalue weighted by Gasteiger charge is 2.62. The Hall–Kier alpha value is -2.33. The molecule has 0 radical (unpaired) electrons. The summed E-state index contributed by atoms with van der Waals surface area (Å²) < 4.78 is 2.36. The van der Waals surface area contributed by atoms with Gasteiger partial charge in [-0.05, 0) is 70.2 Å². The van der Waals surface area contributed by atoms with E-state index in [-0.39, 0.29) is 21.7 Å². The maximum atomic E-state index is 2.56. The minimum atomic E-state index is -0.138. The average Bonchev–Trinajstić information content (AvgIpc) is 3.35. The second kappa shape index (κ2) is 9.09. The lowest BCUT2D eigenvalue weighted by Gasteiger charge is -2.51. The van der Waals surface area contributed by atoms with Gasteiger partial charge in [-0.25, -0.2) is 0 Å². The van der Waals surface area contributed by atoms with Gasteiger partial charge < -0.3 is 0 Å². The molecule has 0 N–H and O–H groups in total. The van der Waals surface area contributed by atoms with Crippen LogP contribution < -0.4 is 0 Å². The standard InChI is InChI=1S/C37H42IN/c1-8-21-34(3,4)25-17-19-31-27(23-25)28-24-26(18-20-32(28)39(31)38)37(35(5,6)9-2)30-15-11-10-14-29(30)36(7)22-13-12-16-33(36)37/h10-20,22-24,33H,8-9,21H2,1-7H3. The highest BCUT2D eigenvalue weighted by Crippen LogP contribution is 2.66. The van der Waals surface area contributed by atoms with Crippen molar-refractivity contribution in [3.63, 3.8) is 0 Å². The van der Waals surface area contributed by atoms with E-state index in [1.165, 1.54) is 56.9 Å². The molecular formula is C37H42IN. The van der Waals surface area contributed by atoms with Gasteiger partial charge in [-0.15, -0.1) is 0 Å². The Morgan fingerprint density at radius 1 is 0.846 bits per heavy atom. The van der Waals surface area contributed by atoms with Crippen LogP contribution in [0.5, 0.6) is 0 Å². The summed E-state index contributed by atoms with van der Waals surface area (Å²) in [6, 6.07) is 23.9. The third kappa shape index (κ3) is 3.55. The van der Waals surface area contributed by atoms with Crippen LogP contribution in [0, 0.1) is 11.3 Å². The van der Waals surface area contributed by atoms with Crippen LogP contribution in [0.3, 0.4) is 0 Å². The fourth-order valence-corrected chi connectivity index (χ4v) is 9.09. The maximum Gasteiger partial charge on any atom is 0.0646 e. The molecule has 1 heterocycles. The van der Waals surface area contributed by atoms with Crippen molar-refractivity contribution >= 4 is 44.7 Å². The molecule has 0 aliphatic heterocycles. The fourth-order valence-electron chi connectivity index (χ4n) is 8.25. The molecule has 3 unspecified atom stereocenters. The Labute approximate surface area is 248 Å². The average molecular weight is 628 g/mol. The number of hydrogen-bond donors (Lipinski definition) is 0. The second-order valence-electron chi connectivity index (χ2n) is 13.5. The van der Waals surface area contributed by atoms with Crippen LogP contribution >= 0.6 is 22.9 Å². The molecule has 3 aromatic carbocycles. The Bertz CT molecular complexity index is 1650. The molecule has 3 atom stereocenters. The first kappa shape index (κ1) is 26.9. The van der Waals surface area contributed by atoms with E-state index < -0.39 is 0 Å². The van der Waals surface area contributed by atoms with Crippen molar-refractivity contribution in [1.82, 2.24) is 2.78 Å². The monoisotopic (exact) mass is 627 g/mol. The molecule has 2 aliphatic carbocycles. The van der Waals surface area contributed by atoms with Gasteiger partial charge in [-0.3, -0.25) is 2.78 Å². The van der Waals surface area contributed by atoms with Gasteiger partial charge in [-0.1, -0.05) is 116 Å². The van der Waals surface area contributed by atoms with Gasteiger partial charge in [0.2, 0.25) is 0 Å². The van der Waals surface area contributed by atoms with E-state index in [0.29, 0.717) is 5.92 Å². The van der Waals surface area contributed by atoms with Crippen molar-refractivity contribution in [3.05, 3.63) is 107 Å². The van der Waals surface area contributed by atoms with Crippen LogP contribution in [0.4, 0.5) is 0 Å². The van der Waals surface area contributed by atoms with Crippen LogP contribution in [0.2, 0.25) is 0 Å². The van der Waals surface area contributed by atoms with Crippen LogP contribution in [-0.2, 0) is 16.2 Å². The first-order valence-corrected chi connectivity index (χ1v) is 15.7. The number of benzene rings is 3. The molecule has 1 nitrogen and oxygen atoms in total. The van der Waals surface area contributed by atoms with Crippen LogP contribution in [0.15, 0.2) is 85.0 Å². The van der Waals surface area contributed by atoms with Gasteiger partial charge in [-0.2, -0.15) is 0 Å². The zero-order chi connectivity index (χ0) is 27.8. The van der Waals surface area contributed by atoms with Crippen molar-refractivity contribution in [2.24, 2.45) is 11.3 Å². The number of aromatic nitrogens is 1. The normalized spacial score (nSPS) is 24.5. The summed E-state index contributed by atoms with van der Waals surface area (Å²) in [5.74, 6) is 0.354. The Balaban J connectivity index is 1.69. The Morgan fingerprint density at radius 2 is 1.51 bits per heavy atom. The molecule has 1 aromatic heterocycles. The summed E-state index contributed by atoms with van der Waals surface area (Å²) in [4.78, 5) is 0. The van der Waals surface area contributed by atoms with E-state index in [9.17, 15) is 0 Å². The molecule has 0 saturated carbocycles. The number of fused-ring (bicyclic) bond motifs is 6. The number of allylic oxidation sites excluding steroid dienone is 4. The quantitative estimate of drug-likeness (QED) is 0.188. The van der Waals surface area contributed by atoms with E-state index in [1.54, 1.807) is 0 Å². The van der Waals surface area contributed by atoms with Gasteiger partial charge in [0.25, 0.3) is 0 Å². The summed E-state index contributed by atoms with van der Waals surface area (Å²) in [5, 5.41) is 2.75. The van der Waals surface area contributed by atoms with Gasteiger partial charge in [0, 0.05) is 27.5 Å². The largest absolute Gasteiger partial charge is 0.282 e. The first-order valence-electron chi connectivity index (χ1n) is 14.7. The zero-order valence-electron chi connectivity index (χ0n) is 24.6. The fraction of sp³-hybridized carbons (Fsp3) is 0.405. The summed E-state index contributed by atoms with van der Waals surface area (Å²) >= 11 is 2.50. The van der Waals surface area contributed by atoms with Gasteiger partial charge in [0.05, 0.1) is 33.9 Å². The summed E-state index contributed by atoms with van der Waals surface area (Å²) in [5.41, 5.74) is 8.53. The number of nitrogens with zero attached hydrogens (tertiary/aromatic N) is 1. The van der Waals surface area contributed by atoms with Crippen LogP contribution in [0.25, 0.3) is 21.8 Å². The van der Waals surface area contributed by atoms with Gasteiger partial charge in [0.15, 0.2) is 0 Å². The van der Waals surface area contributed by atoms with Crippen molar-refractivity contribution < 1.29 is 0 Å². The zero-order valence-corrected chi connectivity index (χ0v) is 26.8. The van der Waals surface area contributed by atoms with Crippen molar-refractivity contribution in [3.8, 4) is 0 Å². The van der Waals surface area contributed by atoms with Gasteiger partial charge in [0.1, 0.15) is 0 Å². The van der Waals surface area contributed by atoms with Crippen molar-refractivity contribution in [2.45, 2.75) is 84.0 Å². The van der Waals surface area contributed by atoms with Gasteiger partial charge >= 0.3 is 0 Å². The van der Waals surface area contributed by atoms with E-state index in [1.807, 2.05) is 0 Å². The molecule has 2 heteroatoms. The number of halogens is 1. The molecule has 4 aromatic rings. The first-order chi connectivity index (χ1) is 18.5. The molecule has 0 amide bonds. The Morgan fingerprint density at radius 3 is 2.21 bits per heavy atom. The number of hydrogen-bond acceptors (Lipinski definition) is 0. The highest BCUT2D eigenvalue weighted by atomic mass is 127. The van der Waals surface area contributed by atoms with E-state index in [2.05, 4.69) is 159 Å². The molecule has 6 rings (SSSR count). The molecule has 0 saturated heterocycles. The summed E-state index contributed by atoms with van der Waals surface area (Å²) in [6.07, 6.45) is 13.0. The highest BCUT2D eigenvalue weighted by molar-refractivity contribution is 14.1. The molecular weight excluding hydrogens is 585 g/mol. The second-order valence-corrected chi connectivity index (χ2v) is 14.4. The van der Waals surface area contributed by atoms with Crippen molar-refractivity contribution in [1.29, 1.82) is 0 Å². The van der Waals surface area contributed by atoms with Crippen LogP contribution in [0.1, 0.15) is 90.0 Å².